The molecule has 1 amide bonds. The van der Waals surface area contributed by atoms with E-state index in [1.165, 1.54) is 11.1 Å². The predicted octanol–water partition coefficient (Wildman–Crippen LogP) is 2.84. The second kappa shape index (κ2) is 9.24. The second-order valence-corrected chi connectivity index (χ2v) is 8.05. The van der Waals surface area contributed by atoms with E-state index in [9.17, 15) is 4.79 Å². The van der Waals surface area contributed by atoms with Crippen molar-refractivity contribution in [3.63, 3.8) is 0 Å². The average molecular weight is 420 g/mol. The van der Waals surface area contributed by atoms with E-state index in [0.717, 1.165) is 31.5 Å². The maximum Gasteiger partial charge on any atom is 0.276 e. The number of nitrogens with zero attached hydrogens (tertiary/aromatic N) is 4. The number of aromatic nitrogens is 3. The Balaban J connectivity index is 0.00000240. The van der Waals surface area contributed by atoms with Gasteiger partial charge in [0.05, 0.1) is 31.4 Å². The Kier molecular flexibility index (Phi) is 6.93. The minimum Gasteiger partial charge on any atom is -0.370 e. The van der Waals surface area contributed by atoms with Gasteiger partial charge < -0.3 is 15.0 Å². The van der Waals surface area contributed by atoms with Crippen LogP contribution < -0.4 is 5.32 Å². The summed E-state index contributed by atoms with van der Waals surface area (Å²) in [4.78, 5) is 15.1. The highest BCUT2D eigenvalue weighted by molar-refractivity contribution is 5.92. The average Bonchev–Trinajstić information content (AvgIpc) is 3.21. The Morgan fingerprint density at radius 2 is 2.00 bits per heavy atom. The van der Waals surface area contributed by atoms with Gasteiger partial charge in [0.1, 0.15) is 6.10 Å². The molecule has 0 saturated carbocycles. The van der Waals surface area contributed by atoms with Crippen LogP contribution in [-0.2, 0) is 4.74 Å². The first-order chi connectivity index (χ1) is 13.5. The third kappa shape index (κ3) is 4.63. The van der Waals surface area contributed by atoms with Crippen molar-refractivity contribution in [2.45, 2.75) is 51.8 Å². The van der Waals surface area contributed by atoms with Crippen molar-refractivity contribution < 1.29 is 9.53 Å². The largest absolute Gasteiger partial charge is 0.370 e. The molecule has 2 saturated heterocycles. The second-order valence-electron chi connectivity index (χ2n) is 8.05. The summed E-state index contributed by atoms with van der Waals surface area (Å²) in [5.41, 5.74) is 3.97. The van der Waals surface area contributed by atoms with E-state index in [-0.39, 0.29) is 30.5 Å². The van der Waals surface area contributed by atoms with Gasteiger partial charge in [-0.25, -0.2) is 4.68 Å². The van der Waals surface area contributed by atoms with Gasteiger partial charge in [-0.1, -0.05) is 29.0 Å². The van der Waals surface area contributed by atoms with Crippen molar-refractivity contribution in [3.8, 4) is 0 Å². The number of carbonyl (C=O) groups excluding carboxylic acids is 1. The molecule has 29 heavy (non-hydrogen) atoms. The molecule has 2 aliphatic rings. The van der Waals surface area contributed by atoms with Crippen LogP contribution in [0, 0.1) is 13.8 Å². The smallest absolute Gasteiger partial charge is 0.276 e. The third-order valence-electron chi connectivity index (χ3n) is 5.89. The van der Waals surface area contributed by atoms with Gasteiger partial charge in [-0.15, -0.1) is 17.5 Å². The van der Waals surface area contributed by atoms with Crippen LogP contribution in [0.3, 0.4) is 0 Å². The number of hydrogen-bond acceptors (Lipinski definition) is 5. The number of morpholine rings is 1. The topological polar surface area (TPSA) is 72.3 Å². The van der Waals surface area contributed by atoms with Crippen LogP contribution in [0.4, 0.5) is 0 Å². The highest BCUT2D eigenvalue weighted by Crippen LogP contribution is 2.29. The van der Waals surface area contributed by atoms with Gasteiger partial charge in [0.2, 0.25) is 0 Å². The van der Waals surface area contributed by atoms with Crippen molar-refractivity contribution in [2.24, 2.45) is 0 Å². The van der Waals surface area contributed by atoms with E-state index in [1.807, 2.05) is 22.7 Å². The van der Waals surface area contributed by atoms with Crippen LogP contribution in [0.15, 0.2) is 24.4 Å². The Bertz CT molecular complexity index is 849. The van der Waals surface area contributed by atoms with E-state index in [0.29, 0.717) is 24.9 Å². The number of rotatable bonds is 3. The van der Waals surface area contributed by atoms with E-state index in [1.54, 1.807) is 0 Å². The van der Waals surface area contributed by atoms with Gasteiger partial charge in [-0.3, -0.25) is 4.79 Å². The molecular formula is C21H30ClN5O2. The first kappa shape index (κ1) is 21.7. The minimum absolute atomic E-state index is 0. The highest BCUT2D eigenvalue weighted by atomic mass is 35.5. The zero-order valence-corrected chi connectivity index (χ0v) is 18.1. The summed E-state index contributed by atoms with van der Waals surface area (Å²) in [6.45, 7) is 9.20. The molecular weight excluding hydrogens is 390 g/mol. The fourth-order valence-electron chi connectivity index (χ4n) is 4.11. The monoisotopic (exact) mass is 419 g/mol. The number of halogens is 1. The van der Waals surface area contributed by atoms with Gasteiger partial charge >= 0.3 is 0 Å². The lowest BCUT2D eigenvalue weighted by molar-refractivity contribution is -0.0491. The van der Waals surface area contributed by atoms with Crippen molar-refractivity contribution in [2.75, 3.05) is 26.2 Å². The Morgan fingerprint density at radius 1 is 1.24 bits per heavy atom. The maximum atomic E-state index is 13.2. The molecule has 0 aliphatic carbocycles. The molecule has 1 aromatic carbocycles. The van der Waals surface area contributed by atoms with E-state index < -0.39 is 0 Å². The molecule has 2 aromatic rings. The number of carbonyl (C=O) groups is 1. The number of hydrogen-bond donors (Lipinski definition) is 1. The molecule has 0 radical (unpaired) electrons. The summed E-state index contributed by atoms with van der Waals surface area (Å²) in [6.07, 6.45) is 3.73. The van der Waals surface area contributed by atoms with Gasteiger partial charge in [0.15, 0.2) is 5.69 Å². The molecule has 2 unspecified atom stereocenters. The van der Waals surface area contributed by atoms with Crippen LogP contribution in [0.2, 0.25) is 0 Å². The predicted molar refractivity (Wildman–Crippen MR) is 114 cm³/mol. The van der Waals surface area contributed by atoms with E-state index in [2.05, 4.69) is 47.7 Å². The summed E-state index contributed by atoms with van der Waals surface area (Å²) < 4.78 is 7.95. The Morgan fingerprint density at radius 3 is 2.76 bits per heavy atom. The van der Waals surface area contributed by atoms with Crippen molar-refractivity contribution in [1.29, 1.82) is 0 Å². The van der Waals surface area contributed by atoms with Gasteiger partial charge in [-0.2, -0.15) is 0 Å². The summed E-state index contributed by atoms with van der Waals surface area (Å²) in [7, 11) is 0. The van der Waals surface area contributed by atoms with Crippen molar-refractivity contribution >= 4 is 18.3 Å². The Hall–Kier alpha value is -1.96. The number of nitrogens with one attached hydrogen (secondary N) is 1. The third-order valence-corrected chi connectivity index (χ3v) is 5.89. The van der Waals surface area contributed by atoms with Crippen LogP contribution >= 0.6 is 12.4 Å². The molecule has 158 valence electrons. The van der Waals surface area contributed by atoms with Gasteiger partial charge in [-0.05, 0) is 57.8 Å². The fraction of sp³-hybridized carbons (Fsp3) is 0.571. The van der Waals surface area contributed by atoms with Crippen molar-refractivity contribution in [3.05, 3.63) is 46.8 Å². The zero-order chi connectivity index (χ0) is 19.7. The van der Waals surface area contributed by atoms with Crippen LogP contribution in [0.5, 0.6) is 0 Å². The number of aryl methyl sites for hydroxylation is 2. The number of ether oxygens (including phenoxy) is 1. The van der Waals surface area contributed by atoms with E-state index in [4.69, 9.17) is 4.74 Å². The summed E-state index contributed by atoms with van der Waals surface area (Å²) in [6, 6.07) is 6.71. The molecule has 3 heterocycles. The molecule has 4 rings (SSSR count). The molecule has 0 spiro atoms. The standard InChI is InChI=1S/C21H29N5O2.ClH/c1-14-4-5-15(2)18(10-14)20-12-25(16(3)13-28-20)21(27)19-11-26(24-23-19)17-6-8-22-9-7-17;/h4-5,10-11,16-17,20,22H,6-9,12-13H2,1-3H3;1H. The normalized spacial score (nSPS) is 22.9. The number of piperidine rings is 1. The van der Waals surface area contributed by atoms with Crippen LogP contribution in [0.25, 0.3) is 0 Å². The number of amides is 1. The molecule has 1 N–H and O–H groups in total. The van der Waals surface area contributed by atoms with E-state index >= 15 is 0 Å². The molecule has 8 heteroatoms. The molecule has 0 bridgehead atoms. The summed E-state index contributed by atoms with van der Waals surface area (Å²) >= 11 is 0. The maximum absolute atomic E-state index is 13.2. The zero-order valence-electron chi connectivity index (χ0n) is 17.3. The highest BCUT2D eigenvalue weighted by Gasteiger charge is 2.33. The van der Waals surface area contributed by atoms with Gasteiger partial charge in [0, 0.05) is 0 Å². The lowest BCUT2D eigenvalue weighted by atomic mass is 9.98. The molecule has 2 aliphatic heterocycles. The first-order valence-electron chi connectivity index (χ1n) is 10.1. The summed E-state index contributed by atoms with van der Waals surface area (Å²) in [5, 5.41) is 11.8. The first-order valence-corrected chi connectivity index (χ1v) is 10.1. The van der Waals surface area contributed by atoms with Crippen LogP contribution in [0.1, 0.15) is 59.1 Å². The van der Waals surface area contributed by atoms with Gasteiger partial charge in [0.25, 0.3) is 5.91 Å². The van der Waals surface area contributed by atoms with Crippen molar-refractivity contribution in [1.82, 2.24) is 25.2 Å². The lowest BCUT2D eigenvalue weighted by Gasteiger charge is -2.38. The molecule has 2 fully saturated rings. The fourth-order valence-corrected chi connectivity index (χ4v) is 4.11. The summed E-state index contributed by atoms with van der Waals surface area (Å²) in [5.74, 6) is -0.0636. The Labute approximate surface area is 178 Å². The lowest BCUT2D eigenvalue weighted by Crippen LogP contribution is -2.48. The number of benzene rings is 1. The quantitative estimate of drug-likeness (QED) is 0.828. The molecule has 2 atom stereocenters. The molecule has 1 aromatic heterocycles. The minimum atomic E-state index is -0.112. The van der Waals surface area contributed by atoms with Crippen LogP contribution in [-0.4, -0.2) is 58.1 Å². The molecule has 7 nitrogen and oxygen atoms in total. The SMILES string of the molecule is Cc1ccc(C)c(C2CN(C(=O)c3cn(C4CCNCC4)nn3)C(C)CO2)c1.Cl.